The topological polar surface area (TPSA) is 71.1 Å². The highest BCUT2D eigenvalue weighted by Gasteiger charge is 2.13. The number of halogens is 3. The van der Waals surface area contributed by atoms with Crippen LogP contribution in [-0.2, 0) is 9.59 Å². The molecule has 0 saturated carbocycles. The predicted molar refractivity (Wildman–Crippen MR) is 90.1 cm³/mol. The number of hydrogen-bond acceptors (Lipinski definition) is 4. The number of aromatic nitrogens is 1. The van der Waals surface area contributed by atoms with Crippen LogP contribution in [0, 0.1) is 0 Å². The molecule has 1 heterocycles. The molecule has 0 unspecified atom stereocenters. The van der Waals surface area contributed by atoms with Crippen molar-refractivity contribution in [1.82, 2.24) is 4.98 Å². The zero-order valence-electron chi connectivity index (χ0n) is 11.0. The van der Waals surface area contributed by atoms with Crippen molar-refractivity contribution in [2.45, 2.75) is 12.8 Å². The second-order valence-electron chi connectivity index (χ2n) is 4.18. The SMILES string of the molecule is O=C(CCC(=O)Nc1c(Cl)cc(Cl)cc1Cl)Nc1nccs1. The van der Waals surface area contributed by atoms with Gasteiger partial charge in [0.25, 0.3) is 0 Å². The molecule has 0 aliphatic rings. The fraction of sp³-hybridized carbons (Fsp3) is 0.154. The van der Waals surface area contributed by atoms with Crippen molar-refractivity contribution in [3.8, 4) is 0 Å². The van der Waals surface area contributed by atoms with Crippen molar-refractivity contribution in [2.75, 3.05) is 10.6 Å². The molecule has 5 nitrogen and oxygen atoms in total. The van der Waals surface area contributed by atoms with Gasteiger partial charge in [0.2, 0.25) is 11.8 Å². The minimum Gasteiger partial charge on any atom is -0.324 e. The lowest BCUT2D eigenvalue weighted by Gasteiger charge is -2.09. The van der Waals surface area contributed by atoms with E-state index in [9.17, 15) is 9.59 Å². The van der Waals surface area contributed by atoms with Crippen molar-refractivity contribution in [3.63, 3.8) is 0 Å². The fourth-order valence-corrected chi connectivity index (χ4v) is 3.01. The summed E-state index contributed by atoms with van der Waals surface area (Å²) in [4.78, 5) is 27.4. The molecule has 0 aliphatic carbocycles. The Balaban J connectivity index is 1.87. The molecule has 2 N–H and O–H groups in total. The van der Waals surface area contributed by atoms with Gasteiger partial charge in [0.05, 0.1) is 15.7 Å². The van der Waals surface area contributed by atoms with Crippen LogP contribution in [0.1, 0.15) is 12.8 Å². The van der Waals surface area contributed by atoms with Crippen molar-refractivity contribution in [3.05, 3.63) is 38.8 Å². The number of nitrogens with one attached hydrogen (secondary N) is 2. The molecule has 116 valence electrons. The number of nitrogens with zero attached hydrogens (tertiary/aromatic N) is 1. The van der Waals surface area contributed by atoms with Gasteiger partial charge in [0, 0.05) is 29.4 Å². The smallest absolute Gasteiger partial charge is 0.226 e. The fourth-order valence-electron chi connectivity index (χ4n) is 1.56. The summed E-state index contributed by atoms with van der Waals surface area (Å²) in [6.45, 7) is 0. The lowest BCUT2D eigenvalue weighted by molar-refractivity contribution is -0.121. The van der Waals surface area contributed by atoms with E-state index in [0.29, 0.717) is 10.2 Å². The Hall–Kier alpha value is -1.34. The molecular formula is C13H10Cl3N3O2S. The molecule has 2 aromatic rings. The third-order valence-corrected chi connectivity index (χ3v) is 4.03. The molecule has 0 bridgehead atoms. The number of hydrogen-bond donors (Lipinski definition) is 2. The molecule has 0 saturated heterocycles. The van der Waals surface area contributed by atoms with Crippen molar-refractivity contribution in [2.24, 2.45) is 0 Å². The highest BCUT2D eigenvalue weighted by Crippen LogP contribution is 2.33. The molecule has 0 atom stereocenters. The second kappa shape index (κ2) is 7.78. The van der Waals surface area contributed by atoms with Crippen LogP contribution in [0.2, 0.25) is 15.1 Å². The summed E-state index contributed by atoms with van der Waals surface area (Å²) in [6.07, 6.45) is 1.60. The van der Waals surface area contributed by atoms with Crippen LogP contribution in [0.4, 0.5) is 10.8 Å². The van der Waals surface area contributed by atoms with Crippen LogP contribution in [0.3, 0.4) is 0 Å². The van der Waals surface area contributed by atoms with E-state index in [0.717, 1.165) is 0 Å². The average molecular weight is 379 g/mol. The summed E-state index contributed by atoms with van der Waals surface area (Å²) in [5, 5.41) is 8.23. The van der Waals surface area contributed by atoms with Gasteiger partial charge in [-0.3, -0.25) is 9.59 Å². The molecular weight excluding hydrogens is 369 g/mol. The van der Waals surface area contributed by atoms with Crippen LogP contribution in [0.5, 0.6) is 0 Å². The van der Waals surface area contributed by atoms with E-state index in [1.807, 2.05) is 0 Å². The molecule has 0 radical (unpaired) electrons. The monoisotopic (exact) mass is 377 g/mol. The highest BCUT2D eigenvalue weighted by molar-refractivity contribution is 7.13. The van der Waals surface area contributed by atoms with Gasteiger partial charge in [-0.15, -0.1) is 11.3 Å². The van der Waals surface area contributed by atoms with Gasteiger partial charge in [-0.1, -0.05) is 34.8 Å². The van der Waals surface area contributed by atoms with E-state index >= 15 is 0 Å². The van der Waals surface area contributed by atoms with Crippen molar-refractivity contribution >= 4 is 68.8 Å². The maximum atomic E-state index is 11.9. The van der Waals surface area contributed by atoms with Gasteiger partial charge in [0.1, 0.15) is 0 Å². The van der Waals surface area contributed by atoms with Crippen LogP contribution in [0.25, 0.3) is 0 Å². The first-order valence-electron chi connectivity index (χ1n) is 6.09. The van der Waals surface area contributed by atoms with Gasteiger partial charge in [-0.25, -0.2) is 4.98 Å². The van der Waals surface area contributed by atoms with E-state index in [2.05, 4.69) is 15.6 Å². The second-order valence-corrected chi connectivity index (χ2v) is 6.32. The first-order valence-corrected chi connectivity index (χ1v) is 8.11. The zero-order valence-corrected chi connectivity index (χ0v) is 14.1. The molecule has 1 aromatic carbocycles. The number of anilines is 2. The number of benzene rings is 1. The largest absolute Gasteiger partial charge is 0.324 e. The van der Waals surface area contributed by atoms with Crippen LogP contribution >= 0.6 is 46.1 Å². The van der Waals surface area contributed by atoms with Crippen molar-refractivity contribution < 1.29 is 9.59 Å². The maximum absolute atomic E-state index is 11.9. The van der Waals surface area contributed by atoms with Gasteiger partial charge < -0.3 is 10.6 Å². The number of amides is 2. The molecule has 2 amide bonds. The van der Waals surface area contributed by atoms with E-state index in [4.69, 9.17) is 34.8 Å². The van der Waals surface area contributed by atoms with E-state index < -0.39 is 0 Å². The Labute approximate surface area is 145 Å². The van der Waals surface area contributed by atoms with Gasteiger partial charge in [-0.05, 0) is 12.1 Å². The third kappa shape index (κ3) is 4.84. The first-order chi connectivity index (χ1) is 10.5. The lowest BCUT2D eigenvalue weighted by atomic mass is 10.2. The summed E-state index contributed by atoms with van der Waals surface area (Å²) >= 11 is 19.0. The number of carbonyl (C=O) groups excluding carboxylic acids is 2. The Morgan fingerprint density at radius 1 is 1.05 bits per heavy atom. The van der Waals surface area contributed by atoms with Crippen LogP contribution < -0.4 is 10.6 Å². The predicted octanol–water partition coefficient (Wildman–Crippen LogP) is 4.46. The van der Waals surface area contributed by atoms with Gasteiger partial charge in [-0.2, -0.15) is 0 Å². The Bertz CT molecular complexity index is 669. The van der Waals surface area contributed by atoms with Crippen molar-refractivity contribution in [1.29, 1.82) is 0 Å². The standard InChI is InChI=1S/C13H10Cl3N3O2S/c14-7-5-8(15)12(9(16)6-7)18-10(20)1-2-11(21)19-13-17-3-4-22-13/h3-6H,1-2H2,(H,18,20)(H,17,19,21). The van der Waals surface area contributed by atoms with Gasteiger partial charge in [0.15, 0.2) is 5.13 Å². The molecule has 0 fully saturated rings. The molecule has 0 spiro atoms. The minimum absolute atomic E-state index is 0.00745. The molecule has 1 aromatic heterocycles. The molecule has 22 heavy (non-hydrogen) atoms. The number of rotatable bonds is 5. The average Bonchev–Trinajstić information content (AvgIpc) is 2.93. The number of carbonyl (C=O) groups is 2. The third-order valence-electron chi connectivity index (χ3n) is 2.53. The molecule has 2 rings (SSSR count). The summed E-state index contributed by atoms with van der Waals surface area (Å²) in [6, 6.07) is 2.94. The Morgan fingerprint density at radius 3 is 2.18 bits per heavy atom. The quantitative estimate of drug-likeness (QED) is 0.807. The zero-order chi connectivity index (χ0) is 16.1. The first kappa shape index (κ1) is 17.0. The summed E-state index contributed by atoms with van der Waals surface area (Å²) < 4.78 is 0. The highest BCUT2D eigenvalue weighted by atomic mass is 35.5. The molecule has 9 heteroatoms. The summed E-state index contributed by atoms with van der Waals surface area (Å²) in [5.74, 6) is -0.668. The normalized spacial score (nSPS) is 10.3. The lowest BCUT2D eigenvalue weighted by Crippen LogP contribution is -2.17. The van der Waals surface area contributed by atoms with Crippen LogP contribution in [0.15, 0.2) is 23.7 Å². The van der Waals surface area contributed by atoms with E-state index in [1.54, 1.807) is 11.6 Å². The Kier molecular flexibility index (Phi) is 6.02. The summed E-state index contributed by atoms with van der Waals surface area (Å²) in [5.41, 5.74) is 0.276. The summed E-state index contributed by atoms with van der Waals surface area (Å²) in [7, 11) is 0. The van der Waals surface area contributed by atoms with Crippen LogP contribution in [-0.4, -0.2) is 16.8 Å². The van der Waals surface area contributed by atoms with E-state index in [-0.39, 0.29) is 40.4 Å². The van der Waals surface area contributed by atoms with E-state index in [1.165, 1.54) is 23.5 Å². The van der Waals surface area contributed by atoms with Gasteiger partial charge >= 0.3 is 0 Å². The number of thiazole rings is 1. The maximum Gasteiger partial charge on any atom is 0.226 e. The molecule has 0 aliphatic heterocycles. The Morgan fingerprint density at radius 2 is 1.64 bits per heavy atom. The minimum atomic E-state index is -0.375.